The number of nitrogens with zero attached hydrogens (tertiary/aromatic N) is 6. The molecular weight excluding hydrogens is 684 g/mol. The lowest BCUT2D eigenvalue weighted by Gasteiger charge is -2.15. The van der Waals surface area contributed by atoms with Crippen molar-refractivity contribution in [2.75, 3.05) is 0 Å². The molecule has 8 aromatic rings. The van der Waals surface area contributed by atoms with Crippen molar-refractivity contribution >= 4 is 33.4 Å². The van der Waals surface area contributed by atoms with Crippen LogP contribution in [0, 0.1) is 20.2 Å². The van der Waals surface area contributed by atoms with E-state index in [2.05, 4.69) is 4.98 Å². The van der Waals surface area contributed by atoms with Gasteiger partial charge in [-0.05, 0) is 70.8 Å². The third-order valence-corrected chi connectivity index (χ3v) is 9.30. The summed E-state index contributed by atoms with van der Waals surface area (Å²) in [5.41, 5.74) is 4.30. The molecule has 0 radical (unpaired) electrons. The van der Waals surface area contributed by atoms with E-state index in [9.17, 15) is 29.8 Å². The van der Waals surface area contributed by atoms with Gasteiger partial charge < -0.3 is 9.13 Å². The molecule has 0 bridgehead atoms. The molecule has 0 saturated heterocycles. The molecule has 0 aliphatic heterocycles. The van der Waals surface area contributed by atoms with Crippen LogP contribution in [0.25, 0.3) is 55.7 Å². The molecule has 2 aromatic heterocycles. The Hall–Kier alpha value is -7.60. The zero-order valence-electron chi connectivity index (χ0n) is 28.4. The highest BCUT2D eigenvalue weighted by atomic mass is 16.6. The molecule has 262 valence electrons. The zero-order chi connectivity index (χ0) is 37.3. The molecule has 6 aromatic carbocycles. The Morgan fingerprint density at radius 2 is 1.02 bits per heavy atom. The number of rotatable bonds is 9. The van der Waals surface area contributed by atoms with E-state index in [1.165, 1.54) is 30.3 Å². The summed E-state index contributed by atoms with van der Waals surface area (Å²) in [6.45, 7) is 0.476. The average molecular weight is 713 g/mol. The highest BCUT2D eigenvalue weighted by molar-refractivity contribution is 5.87. The van der Waals surface area contributed by atoms with E-state index in [0.29, 0.717) is 38.8 Å². The number of non-ortho nitro benzene ring substituents is 1. The van der Waals surface area contributed by atoms with E-state index < -0.39 is 15.4 Å². The number of aromatic nitrogens is 4. The summed E-state index contributed by atoms with van der Waals surface area (Å²) in [4.78, 5) is 60.3. The molecule has 0 N–H and O–H groups in total. The number of benzene rings is 6. The summed E-state index contributed by atoms with van der Waals surface area (Å²) in [5.74, 6) is 0. The zero-order valence-corrected chi connectivity index (χ0v) is 28.4. The van der Waals surface area contributed by atoms with Crippen molar-refractivity contribution in [3.05, 3.63) is 198 Å². The van der Waals surface area contributed by atoms with Crippen LogP contribution in [0.4, 0.5) is 11.4 Å². The van der Waals surface area contributed by atoms with E-state index in [0.717, 1.165) is 11.1 Å². The van der Waals surface area contributed by atoms with Gasteiger partial charge >= 0.3 is 0 Å². The molecule has 0 fully saturated rings. The first-order valence-corrected chi connectivity index (χ1v) is 16.9. The first kappa shape index (κ1) is 33.5. The summed E-state index contributed by atoms with van der Waals surface area (Å²) in [5, 5.41) is 23.7. The van der Waals surface area contributed by atoms with E-state index in [4.69, 9.17) is 4.98 Å². The topological polar surface area (TPSA) is 156 Å². The SMILES string of the molecule is O=c1c(-c2ccc([N+](=O)[O-])cc2)nc2cc(-c3ccc([N+](=O)[O-])c(-c4nc5ccccc5n(Cc5ccccc5)c4=O)c3)ccc2n1Cc1ccccc1. The number of nitro benzene ring substituents is 2. The first-order chi connectivity index (χ1) is 26.2. The third-order valence-electron chi connectivity index (χ3n) is 9.30. The average Bonchev–Trinajstić information content (AvgIpc) is 3.20. The minimum Gasteiger partial charge on any atom is -0.300 e. The summed E-state index contributed by atoms with van der Waals surface area (Å²) in [6.07, 6.45) is 0. The normalized spacial score (nSPS) is 11.2. The predicted octanol–water partition coefficient (Wildman–Crippen LogP) is 8.02. The first-order valence-electron chi connectivity index (χ1n) is 16.9. The maximum Gasteiger partial charge on any atom is 0.279 e. The lowest BCUT2D eigenvalue weighted by atomic mass is 9.99. The van der Waals surface area contributed by atoms with E-state index in [1.807, 2.05) is 66.7 Å². The van der Waals surface area contributed by atoms with Crippen molar-refractivity contribution in [3.63, 3.8) is 0 Å². The van der Waals surface area contributed by atoms with Crippen molar-refractivity contribution in [1.82, 2.24) is 19.1 Å². The summed E-state index contributed by atoms with van der Waals surface area (Å²) >= 11 is 0. The molecule has 2 heterocycles. The van der Waals surface area contributed by atoms with Crippen molar-refractivity contribution < 1.29 is 9.85 Å². The molecule has 54 heavy (non-hydrogen) atoms. The quantitative estimate of drug-likeness (QED) is 0.108. The van der Waals surface area contributed by atoms with E-state index in [-0.39, 0.29) is 47.0 Å². The molecule has 0 spiro atoms. The fourth-order valence-electron chi connectivity index (χ4n) is 6.63. The van der Waals surface area contributed by atoms with Crippen LogP contribution < -0.4 is 11.1 Å². The molecule has 0 aliphatic carbocycles. The van der Waals surface area contributed by atoms with Crippen molar-refractivity contribution in [3.8, 4) is 33.6 Å². The van der Waals surface area contributed by atoms with Gasteiger partial charge in [-0.15, -0.1) is 0 Å². The standard InChI is InChI=1S/C42H28N6O6/c49-41-39(29-15-19-32(20-16-29)47(51)52)44-35-24-31(18-22-38(35)46(41)26-28-11-5-2-6-12-28)30-17-21-36(48(53)54)33(23-30)40-42(50)45(25-27-9-3-1-4-10-27)37-14-8-7-13-34(37)43-40/h1-24H,25-26H2. The molecule has 0 unspecified atom stereocenters. The maximum atomic E-state index is 14.2. The van der Waals surface area contributed by atoms with E-state index in [1.54, 1.807) is 57.7 Å². The van der Waals surface area contributed by atoms with Gasteiger partial charge in [0.05, 0.1) is 50.6 Å². The molecule has 0 amide bonds. The predicted molar refractivity (Wildman–Crippen MR) is 206 cm³/mol. The van der Waals surface area contributed by atoms with Crippen LogP contribution >= 0.6 is 0 Å². The Morgan fingerprint density at radius 3 is 1.65 bits per heavy atom. The van der Waals surface area contributed by atoms with Gasteiger partial charge in [0.2, 0.25) is 0 Å². The monoisotopic (exact) mass is 712 g/mol. The molecule has 0 saturated carbocycles. The maximum absolute atomic E-state index is 14.2. The number of nitro groups is 2. The Bertz CT molecular complexity index is 2870. The molecule has 12 heteroatoms. The van der Waals surface area contributed by atoms with E-state index >= 15 is 0 Å². The van der Waals surface area contributed by atoms with Crippen molar-refractivity contribution in [1.29, 1.82) is 0 Å². The second-order valence-corrected chi connectivity index (χ2v) is 12.7. The lowest BCUT2D eigenvalue weighted by molar-refractivity contribution is -0.384. The number of para-hydroxylation sites is 2. The molecule has 12 nitrogen and oxygen atoms in total. The lowest BCUT2D eigenvalue weighted by Crippen LogP contribution is -2.24. The van der Waals surface area contributed by atoms with Crippen LogP contribution in [0.3, 0.4) is 0 Å². The Morgan fingerprint density at radius 1 is 0.500 bits per heavy atom. The smallest absolute Gasteiger partial charge is 0.279 e. The second-order valence-electron chi connectivity index (χ2n) is 12.7. The Kier molecular flexibility index (Phi) is 8.60. The summed E-state index contributed by atoms with van der Waals surface area (Å²) in [6, 6.07) is 41.6. The fourth-order valence-corrected chi connectivity index (χ4v) is 6.63. The van der Waals surface area contributed by atoms with Crippen LogP contribution in [0.5, 0.6) is 0 Å². The number of hydrogen-bond acceptors (Lipinski definition) is 8. The fraction of sp³-hybridized carbons (Fsp3) is 0.0476. The minimum absolute atomic E-state index is 0.0590. The van der Waals surface area contributed by atoms with Gasteiger partial charge in [0, 0.05) is 23.8 Å². The second kappa shape index (κ2) is 13.8. The van der Waals surface area contributed by atoms with Gasteiger partial charge in [0.25, 0.3) is 22.5 Å². The van der Waals surface area contributed by atoms with Crippen molar-refractivity contribution in [2.45, 2.75) is 13.1 Å². The van der Waals surface area contributed by atoms with Crippen LogP contribution in [0.2, 0.25) is 0 Å². The summed E-state index contributed by atoms with van der Waals surface area (Å²) < 4.78 is 3.18. The molecule has 8 rings (SSSR count). The Labute approximate surface area is 306 Å². The van der Waals surface area contributed by atoms with Gasteiger partial charge in [0.1, 0.15) is 11.4 Å². The number of hydrogen-bond donors (Lipinski definition) is 0. The van der Waals surface area contributed by atoms with Gasteiger partial charge in [-0.3, -0.25) is 29.8 Å². The third kappa shape index (κ3) is 6.28. The largest absolute Gasteiger partial charge is 0.300 e. The minimum atomic E-state index is -0.530. The van der Waals surface area contributed by atoms with Gasteiger partial charge in [-0.1, -0.05) is 78.9 Å². The Balaban J connectivity index is 1.30. The summed E-state index contributed by atoms with van der Waals surface area (Å²) in [7, 11) is 0. The molecule has 0 aliphatic rings. The van der Waals surface area contributed by atoms with Gasteiger partial charge in [-0.25, -0.2) is 9.97 Å². The van der Waals surface area contributed by atoms with Crippen molar-refractivity contribution in [2.24, 2.45) is 0 Å². The van der Waals surface area contributed by atoms with Crippen LogP contribution in [-0.2, 0) is 13.1 Å². The molecule has 0 atom stereocenters. The highest BCUT2D eigenvalue weighted by Gasteiger charge is 2.23. The van der Waals surface area contributed by atoms with Gasteiger partial charge in [-0.2, -0.15) is 0 Å². The van der Waals surface area contributed by atoms with Crippen LogP contribution in [-0.4, -0.2) is 28.9 Å². The van der Waals surface area contributed by atoms with Crippen LogP contribution in [0.15, 0.2) is 155 Å². The molecular formula is C42H28N6O6. The highest BCUT2D eigenvalue weighted by Crippen LogP contribution is 2.34. The van der Waals surface area contributed by atoms with Crippen LogP contribution in [0.1, 0.15) is 11.1 Å². The number of fused-ring (bicyclic) bond motifs is 2. The van der Waals surface area contributed by atoms with Gasteiger partial charge in [0.15, 0.2) is 0 Å².